The van der Waals surface area contributed by atoms with E-state index in [0.717, 1.165) is 38.5 Å². The number of aliphatic hydroxyl groups excluding tert-OH is 1. The number of carbonyl (C=O) groups is 2. The molecule has 5 aliphatic carbocycles. The first-order chi connectivity index (χ1) is 12.8. The zero-order valence-corrected chi connectivity index (χ0v) is 16.9. The lowest BCUT2D eigenvalue weighted by Crippen LogP contribution is -2.46. The van der Waals surface area contributed by atoms with E-state index >= 15 is 0 Å². The van der Waals surface area contributed by atoms with Crippen molar-refractivity contribution in [1.29, 1.82) is 0 Å². The molecule has 0 radical (unpaired) electrons. The van der Waals surface area contributed by atoms with Gasteiger partial charge in [0.05, 0.1) is 0 Å². The van der Waals surface area contributed by atoms with E-state index in [1.54, 1.807) is 5.57 Å². The van der Waals surface area contributed by atoms with E-state index in [1.807, 2.05) is 6.08 Å². The molecule has 3 nitrogen and oxygen atoms in total. The fourth-order valence-corrected chi connectivity index (χ4v) is 8.12. The van der Waals surface area contributed by atoms with Crippen LogP contribution in [-0.2, 0) is 9.59 Å². The second kappa shape index (κ2) is 5.43. The summed E-state index contributed by atoms with van der Waals surface area (Å²) in [4.78, 5) is 24.8. The van der Waals surface area contributed by atoms with Crippen LogP contribution in [0.5, 0.6) is 0 Å². The number of fused-ring (bicyclic) bond motifs is 5. The number of rotatable bonds is 2. The zero-order chi connectivity index (χ0) is 19.2. The Morgan fingerprint density at radius 1 is 1.26 bits per heavy atom. The highest BCUT2D eigenvalue weighted by Crippen LogP contribution is 2.77. The molecule has 146 valence electrons. The highest BCUT2D eigenvalue weighted by Gasteiger charge is 2.72. The molecule has 4 unspecified atom stereocenters. The van der Waals surface area contributed by atoms with Gasteiger partial charge in [0.1, 0.15) is 6.61 Å². The Morgan fingerprint density at radius 3 is 2.67 bits per heavy atom. The first-order valence-electron chi connectivity index (χ1n) is 10.8. The molecule has 1 N–H and O–H groups in total. The molecular weight excluding hydrogens is 336 g/mol. The molecule has 3 fully saturated rings. The molecule has 0 aromatic rings. The van der Waals surface area contributed by atoms with Crippen molar-refractivity contribution in [2.75, 3.05) is 6.61 Å². The van der Waals surface area contributed by atoms with Crippen molar-refractivity contribution in [1.82, 2.24) is 0 Å². The molecule has 0 aliphatic heterocycles. The summed E-state index contributed by atoms with van der Waals surface area (Å²) in [5, 5.41) is 9.69. The minimum absolute atomic E-state index is 0.0131. The number of hydrogen-bond donors (Lipinski definition) is 1. The van der Waals surface area contributed by atoms with Gasteiger partial charge >= 0.3 is 0 Å². The third-order valence-electron chi connectivity index (χ3n) is 9.59. The van der Waals surface area contributed by atoms with Gasteiger partial charge < -0.3 is 5.11 Å². The zero-order valence-electron chi connectivity index (χ0n) is 16.9. The van der Waals surface area contributed by atoms with Crippen LogP contribution in [0.3, 0.4) is 0 Å². The molecule has 0 heterocycles. The summed E-state index contributed by atoms with van der Waals surface area (Å²) in [7, 11) is 0. The van der Waals surface area contributed by atoms with Gasteiger partial charge in [-0.25, -0.2) is 0 Å². The summed E-state index contributed by atoms with van der Waals surface area (Å²) < 4.78 is 0. The van der Waals surface area contributed by atoms with Crippen LogP contribution in [0.15, 0.2) is 23.3 Å². The van der Waals surface area contributed by atoms with Crippen LogP contribution in [0.1, 0.15) is 65.7 Å². The lowest BCUT2D eigenvalue weighted by molar-refractivity contribution is -0.132. The second-order valence-electron chi connectivity index (χ2n) is 10.7. The summed E-state index contributed by atoms with van der Waals surface area (Å²) in [6, 6.07) is 0. The third kappa shape index (κ3) is 2.13. The van der Waals surface area contributed by atoms with Crippen LogP contribution in [0.4, 0.5) is 0 Å². The highest BCUT2D eigenvalue weighted by molar-refractivity contribution is 5.92. The van der Waals surface area contributed by atoms with Crippen LogP contribution in [-0.4, -0.2) is 23.3 Å². The molecule has 1 spiro atoms. The van der Waals surface area contributed by atoms with E-state index in [2.05, 4.69) is 26.8 Å². The van der Waals surface area contributed by atoms with Gasteiger partial charge in [-0.3, -0.25) is 9.59 Å². The molecule has 3 heteroatoms. The summed E-state index contributed by atoms with van der Waals surface area (Å²) in [5.41, 5.74) is 3.10. The maximum Gasteiger partial charge on any atom is 0.162 e. The smallest absolute Gasteiger partial charge is 0.162 e. The Balaban J connectivity index is 1.57. The molecule has 0 aromatic heterocycles. The molecule has 0 aromatic carbocycles. The van der Waals surface area contributed by atoms with Gasteiger partial charge in [0.2, 0.25) is 0 Å². The lowest BCUT2D eigenvalue weighted by atomic mass is 9.51. The summed E-state index contributed by atoms with van der Waals surface area (Å²) in [5.74, 6) is 2.07. The number of Topliss-reactive ketones (excluding diaryl/α,β-unsaturated/α-hetero) is 1. The monoisotopic (exact) mass is 368 g/mol. The topological polar surface area (TPSA) is 54.4 Å². The molecule has 0 bridgehead atoms. The Kier molecular flexibility index (Phi) is 3.59. The molecule has 0 saturated heterocycles. The summed E-state index contributed by atoms with van der Waals surface area (Å²) in [6.07, 6.45) is 11.4. The van der Waals surface area contributed by atoms with E-state index in [0.29, 0.717) is 30.0 Å². The maximum atomic E-state index is 12.8. The molecule has 7 atom stereocenters. The lowest BCUT2D eigenvalue weighted by Gasteiger charge is -2.53. The highest BCUT2D eigenvalue weighted by atomic mass is 16.3. The minimum atomic E-state index is -0.310. The van der Waals surface area contributed by atoms with E-state index in [4.69, 9.17) is 0 Å². The largest absolute Gasteiger partial charge is 0.389 e. The Bertz CT molecular complexity index is 791. The van der Waals surface area contributed by atoms with Gasteiger partial charge in [-0.2, -0.15) is 0 Å². The summed E-state index contributed by atoms with van der Waals surface area (Å²) >= 11 is 0. The van der Waals surface area contributed by atoms with Crippen LogP contribution in [0.2, 0.25) is 0 Å². The van der Waals surface area contributed by atoms with Crippen molar-refractivity contribution < 1.29 is 14.7 Å². The Morgan fingerprint density at radius 2 is 2.00 bits per heavy atom. The first-order valence-corrected chi connectivity index (χ1v) is 10.8. The van der Waals surface area contributed by atoms with Gasteiger partial charge in [-0.05, 0) is 73.2 Å². The quantitative estimate of drug-likeness (QED) is 0.741. The normalized spacial score (nSPS) is 50.4. The van der Waals surface area contributed by atoms with Crippen molar-refractivity contribution in [3.05, 3.63) is 23.3 Å². The number of allylic oxidation sites excluding steroid dienone is 4. The molecular formula is C24H32O3. The molecule has 27 heavy (non-hydrogen) atoms. The van der Waals surface area contributed by atoms with E-state index in [9.17, 15) is 14.7 Å². The van der Waals surface area contributed by atoms with Crippen LogP contribution >= 0.6 is 0 Å². The van der Waals surface area contributed by atoms with Crippen molar-refractivity contribution in [2.45, 2.75) is 65.7 Å². The van der Waals surface area contributed by atoms with Crippen LogP contribution < -0.4 is 0 Å². The van der Waals surface area contributed by atoms with Gasteiger partial charge in [0, 0.05) is 17.8 Å². The fraction of sp³-hybridized carbons (Fsp3) is 0.750. The fourth-order valence-electron chi connectivity index (χ4n) is 8.12. The number of ketones is 2. The van der Waals surface area contributed by atoms with E-state index in [-0.39, 0.29) is 34.6 Å². The van der Waals surface area contributed by atoms with Gasteiger partial charge in [-0.15, -0.1) is 0 Å². The number of aliphatic hydroxyl groups is 1. The average molecular weight is 369 g/mol. The third-order valence-corrected chi connectivity index (χ3v) is 9.59. The van der Waals surface area contributed by atoms with Crippen molar-refractivity contribution in [2.24, 2.45) is 39.9 Å². The predicted molar refractivity (Wildman–Crippen MR) is 104 cm³/mol. The molecule has 0 amide bonds. The van der Waals surface area contributed by atoms with Crippen LogP contribution in [0, 0.1) is 39.9 Å². The standard InChI is InChI=1S/C24H32O3/c1-14-11-24(14)12-19-17-5-4-15-10-16(26)6-8-22(15,2)18(17)7-9-23(19,3)21(24)20(27)13-25/h7,10,14,17,19,21,25H,4-6,8-9,11-13H2,1-3H3/t14?,17?,19?,21-,22+,23+,24?/m1/s1. The van der Waals surface area contributed by atoms with Crippen molar-refractivity contribution >= 4 is 11.6 Å². The molecule has 5 aliphatic rings. The van der Waals surface area contributed by atoms with Gasteiger partial charge in [-0.1, -0.05) is 38.0 Å². The maximum absolute atomic E-state index is 12.8. The Hall–Kier alpha value is -1.22. The van der Waals surface area contributed by atoms with E-state index < -0.39 is 0 Å². The van der Waals surface area contributed by atoms with Crippen molar-refractivity contribution in [3.63, 3.8) is 0 Å². The SMILES string of the molecule is CC1CC12CC1C3CCC4=CC(=O)CC[C@]4(C)C3=CC[C@]1(C)[C@H]2C(=O)CO. The number of carbonyl (C=O) groups excluding carboxylic acids is 2. The second-order valence-corrected chi connectivity index (χ2v) is 10.7. The van der Waals surface area contributed by atoms with Gasteiger partial charge in [0.25, 0.3) is 0 Å². The average Bonchev–Trinajstić information content (AvgIpc) is 3.17. The van der Waals surface area contributed by atoms with E-state index in [1.165, 1.54) is 5.57 Å². The van der Waals surface area contributed by atoms with Crippen LogP contribution in [0.25, 0.3) is 0 Å². The van der Waals surface area contributed by atoms with Crippen molar-refractivity contribution in [3.8, 4) is 0 Å². The minimum Gasteiger partial charge on any atom is -0.389 e. The molecule has 5 rings (SSSR count). The predicted octanol–water partition coefficient (Wildman–Crippen LogP) is 4.25. The number of hydrogen-bond acceptors (Lipinski definition) is 3. The van der Waals surface area contributed by atoms with Gasteiger partial charge in [0.15, 0.2) is 11.6 Å². The Labute approximate surface area is 162 Å². The summed E-state index contributed by atoms with van der Waals surface area (Å²) in [6.45, 7) is 6.67. The molecule has 3 saturated carbocycles. The first kappa shape index (κ1) is 17.8.